The van der Waals surface area contributed by atoms with E-state index in [0.717, 1.165) is 32.1 Å². The summed E-state index contributed by atoms with van der Waals surface area (Å²) >= 11 is 0. The number of hydrogen-bond donors (Lipinski definition) is 0. The molecule has 0 aromatic carbocycles. The van der Waals surface area contributed by atoms with E-state index in [1.54, 1.807) is 0 Å². The maximum absolute atomic E-state index is 11.4. The van der Waals surface area contributed by atoms with Crippen LogP contribution in [0.4, 0.5) is 4.79 Å². The Morgan fingerprint density at radius 2 is 0.543 bits per heavy atom. The van der Waals surface area contributed by atoms with Gasteiger partial charge in [0.15, 0.2) is 0 Å². The predicted octanol–water partition coefficient (Wildman–Crippen LogP) is 11.7. The molecular weight excluding hydrogens is 432 g/mol. The SMILES string of the molecule is CCCCCCCCCCCCCCCCCCCCCCCCCCOC(=O)OCCCCC. The van der Waals surface area contributed by atoms with Gasteiger partial charge in [-0.05, 0) is 12.8 Å². The van der Waals surface area contributed by atoms with Crippen molar-refractivity contribution in [3.63, 3.8) is 0 Å². The average molecular weight is 497 g/mol. The largest absolute Gasteiger partial charge is 0.508 e. The maximum Gasteiger partial charge on any atom is 0.508 e. The van der Waals surface area contributed by atoms with Crippen molar-refractivity contribution in [3.05, 3.63) is 0 Å². The van der Waals surface area contributed by atoms with Crippen molar-refractivity contribution < 1.29 is 14.3 Å². The van der Waals surface area contributed by atoms with Gasteiger partial charge in [0, 0.05) is 0 Å². The molecule has 3 heteroatoms. The highest BCUT2D eigenvalue weighted by molar-refractivity contribution is 5.59. The van der Waals surface area contributed by atoms with Crippen LogP contribution < -0.4 is 0 Å². The minimum absolute atomic E-state index is 0.491. The van der Waals surface area contributed by atoms with Gasteiger partial charge < -0.3 is 9.47 Å². The fraction of sp³-hybridized carbons (Fsp3) is 0.969. The molecule has 0 saturated heterocycles. The summed E-state index contributed by atoms with van der Waals surface area (Å²) in [6.45, 7) is 5.43. The first-order chi connectivity index (χ1) is 17.3. The molecule has 0 saturated carbocycles. The fourth-order valence-electron chi connectivity index (χ4n) is 4.77. The van der Waals surface area contributed by atoms with Crippen LogP contribution in [0, 0.1) is 0 Å². The van der Waals surface area contributed by atoms with Gasteiger partial charge in [-0.25, -0.2) is 4.79 Å². The van der Waals surface area contributed by atoms with Crippen LogP contribution in [-0.4, -0.2) is 19.4 Å². The van der Waals surface area contributed by atoms with Crippen molar-refractivity contribution in [3.8, 4) is 0 Å². The second-order valence-corrected chi connectivity index (χ2v) is 10.8. The molecule has 0 rings (SSSR count). The quantitative estimate of drug-likeness (QED) is 0.0762. The molecule has 35 heavy (non-hydrogen) atoms. The van der Waals surface area contributed by atoms with E-state index in [2.05, 4.69) is 13.8 Å². The molecule has 0 bridgehead atoms. The van der Waals surface area contributed by atoms with Crippen LogP contribution in [0.5, 0.6) is 0 Å². The van der Waals surface area contributed by atoms with Crippen molar-refractivity contribution in [1.29, 1.82) is 0 Å². The number of carbonyl (C=O) groups excluding carboxylic acids is 1. The Hall–Kier alpha value is -0.730. The van der Waals surface area contributed by atoms with Gasteiger partial charge in [-0.1, -0.05) is 174 Å². The molecule has 0 spiro atoms. The topological polar surface area (TPSA) is 35.5 Å². The monoisotopic (exact) mass is 496 g/mol. The van der Waals surface area contributed by atoms with Crippen molar-refractivity contribution in [1.82, 2.24) is 0 Å². The Bertz CT molecular complexity index is 396. The molecule has 210 valence electrons. The lowest BCUT2D eigenvalue weighted by Crippen LogP contribution is -2.09. The zero-order chi connectivity index (χ0) is 25.5. The zero-order valence-electron chi connectivity index (χ0n) is 24.2. The van der Waals surface area contributed by atoms with E-state index in [4.69, 9.17) is 9.47 Å². The van der Waals surface area contributed by atoms with Crippen molar-refractivity contribution in [2.24, 2.45) is 0 Å². The van der Waals surface area contributed by atoms with Gasteiger partial charge in [-0.2, -0.15) is 0 Å². The summed E-state index contributed by atoms with van der Waals surface area (Å²) in [5.74, 6) is 0. The minimum atomic E-state index is -0.491. The van der Waals surface area contributed by atoms with E-state index in [9.17, 15) is 4.79 Å². The Morgan fingerprint density at radius 3 is 0.829 bits per heavy atom. The Labute approximate surface area is 220 Å². The highest BCUT2D eigenvalue weighted by Crippen LogP contribution is 2.15. The molecule has 0 aliphatic rings. The van der Waals surface area contributed by atoms with E-state index >= 15 is 0 Å². The second kappa shape index (κ2) is 31.3. The van der Waals surface area contributed by atoms with Crippen LogP contribution in [0.2, 0.25) is 0 Å². The fourth-order valence-corrected chi connectivity index (χ4v) is 4.77. The molecule has 0 aliphatic heterocycles. The molecule has 3 nitrogen and oxygen atoms in total. The number of rotatable bonds is 29. The molecular formula is C32H64O3. The molecule has 0 heterocycles. The number of ether oxygens (including phenoxy) is 2. The van der Waals surface area contributed by atoms with Crippen LogP contribution in [0.3, 0.4) is 0 Å². The van der Waals surface area contributed by atoms with Gasteiger partial charge in [-0.3, -0.25) is 0 Å². The molecule has 0 N–H and O–H groups in total. The van der Waals surface area contributed by atoms with Crippen molar-refractivity contribution in [2.75, 3.05) is 13.2 Å². The molecule has 0 fully saturated rings. The number of carbonyl (C=O) groups is 1. The van der Waals surface area contributed by atoms with Gasteiger partial charge in [0.05, 0.1) is 13.2 Å². The summed E-state index contributed by atoms with van der Waals surface area (Å²) in [4.78, 5) is 11.4. The van der Waals surface area contributed by atoms with E-state index < -0.39 is 6.16 Å². The molecule has 0 atom stereocenters. The third-order valence-electron chi connectivity index (χ3n) is 7.19. The first-order valence-electron chi connectivity index (χ1n) is 16.1. The molecule has 0 amide bonds. The van der Waals surface area contributed by atoms with Gasteiger partial charge in [0.2, 0.25) is 0 Å². The summed E-state index contributed by atoms with van der Waals surface area (Å²) in [5, 5.41) is 0. The van der Waals surface area contributed by atoms with E-state index in [-0.39, 0.29) is 0 Å². The lowest BCUT2D eigenvalue weighted by molar-refractivity contribution is 0.0529. The summed E-state index contributed by atoms with van der Waals surface area (Å²) in [5.41, 5.74) is 0. The van der Waals surface area contributed by atoms with Gasteiger partial charge in [0.1, 0.15) is 0 Å². The van der Waals surface area contributed by atoms with E-state index in [1.807, 2.05) is 0 Å². The maximum atomic E-state index is 11.4. The van der Waals surface area contributed by atoms with Gasteiger partial charge in [-0.15, -0.1) is 0 Å². The first kappa shape index (κ1) is 34.3. The zero-order valence-corrected chi connectivity index (χ0v) is 24.2. The Morgan fingerprint density at radius 1 is 0.343 bits per heavy atom. The Balaban J connectivity index is 3.07. The van der Waals surface area contributed by atoms with Crippen LogP contribution in [0.15, 0.2) is 0 Å². The number of unbranched alkanes of at least 4 members (excludes halogenated alkanes) is 25. The summed E-state index contributed by atoms with van der Waals surface area (Å²) in [6.07, 6.45) is 36.2. The lowest BCUT2D eigenvalue weighted by atomic mass is 10.0. The highest BCUT2D eigenvalue weighted by atomic mass is 16.7. The molecule has 0 radical (unpaired) electrons. The molecule has 0 aromatic heterocycles. The van der Waals surface area contributed by atoms with Crippen LogP contribution in [0.1, 0.15) is 187 Å². The lowest BCUT2D eigenvalue weighted by Gasteiger charge is -2.06. The molecule has 0 aromatic rings. The first-order valence-corrected chi connectivity index (χ1v) is 16.1. The van der Waals surface area contributed by atoms with E-state index in [1.165, 1.54) is 141 Å². The highest BCUT2D eigenvalue weighted by Gasteiger charge is 2.02. The standard InChI is InChI=1S/C32H64O3/c1-3-5-7-8-9-10-11-12-13-14-15-16-17-18-19-20-21-22-23-24-25-26-27-29-31-35-32(33)34-30-28-6-4-2/h3-31H2,1-2H3. The van der Waals surface area contributed by atoms with Gasteiger partial charge in [0.25, 0.3) is 0 Å². The Kier molecular flexibility index (Phi) is 30.6. The van der Waals surface area contributed by atoms with Crippen LogP contribution >= 0.6 is 0 Å². The third kappa shape index (κ3) is 31.2. The summed E-state index contributed by atoms with van der Waals surface area (Å²) < 4.78 is 10.1. The van der Waals surface area contributed by atoms with E-state index in [0.29, 0.717) is 13.2 Å². The van der Waals surface area contributed by atoms with Gasteiger partial charge >= 0.3 is 6.16 Å². The van der Waals surface area contributed by atoms with Crippen LogP contribution in [0.25, 0.3) is 0 Å². The smallest absolute Gasteiger partial charge is 0.434 e. The molecule has 0 unspecified atom stereocenters. The second-order valence-electron chi connectivity index (χ2n) is 10.8. The van der Waals surface area contributed by atoms with Crippen LogP contribution in [-0.2, 0) is 9.47 Å². The average Bonchev–Trinajstić information content (AvgIpc) is 2.86. The third-order valence-corrected chi connectivity index (χ3v) is 7.19. The van der Waals surface area contributed by atoms with Crippen molar-refractivity contribution in [2.45, 2.75) is 187 Å². The summed E-state index contributed by atoms with van der Waals surface area (Å²) in [6, 6.07) is 0. The minimum Gasteiger partial charge on any atom is -0.434 e. The van der Waals surface area contributed by atoms with Crippen molar-refractivity contribution >= 4 is 6.16 Å². The predicted molar refractivity (Wildman–Crippen MR) is 153 cm³/mol. The summed E-state index contributed by atoms with van der Waals surface area (Å²) in [7, 11) is 0. The molecule has 0 aliphatic carbocycles. The normalized spacial score (nSPS) is 11.1. The number of hydrogen-bond acceptors (Lipinski definition) is 3.